The number of rotatable bonds is 8. The zero-order valence-corrected chi connectivity index (χ0v) is 12.5. The normalized spacial score (nSPS) is 11.9. The number of nitrogens with one attached hydrogen (secondary N) is 1. The number of aliphatic hydroxyl groups excluding tert-OH is 1. The smallest absolute Gasteiger partial charge is 0.335 e. The Kier molecular flexibility index (Phi) is 5.90. The molecule has 0 aliphatic rings. The Bertz CT molecular complexity index is 629. The first kappa shape index (κ1) is 16.7. The molecule has 0 aliphatic carbocycles. The summed E-state index contributed by atoms with van der Waals surface area (Å²) >= 11 is 0. The van der Waals surface area contributed by atoms with Gasteiger partial charge in [0.2, 0.25) is 0 Å². The molecule has 2 aromatic rings. The highest BCUT2D eigenvalue weighted by Crippen LogP contribution is 2.12. The van der Waals surface area contributed by atoms with Gasteiger partial charge in [-0.05, 0) is 30.3 Å². The van der Waals surface area contributed by atoms with Crippen molar-refractivity contribution in [1.29, 1.82) is 0 Å². The third kappa shape index (κ3) is 5.24. The van der Waals surface area contributed by atoms with E-state index in [-0.39, 0.29) is 5.56 Å². The van der Waals surface area contributed by atoms with Crippen LogP contribution >= 0.6 is 0 Å². The molecule has 7 heteroatoms. The number of hydrogen-bond acceptors (Lipinski definition) is 6. The molecule has 5 N–H and O–H groups in total. The van der Waals surface area contributed by atoms with Gasteiger partial charge in [0.15, 0.2) is 0 Å². The fraction of sp³-hybridized carbons (Fsp3) is 0.250. The van der Waals surface area contributed by atoms with Crippen LogP contribution < -0.4 is 15.8 Å². The van der Waals surface area contributed by atoms with E-state index in [2.05, 4.69) is 10.3 Å². The Hall–Kier alpha value is -2.64. The van der Waals surface area contributed by atoms with Gasteiger partial charge in [0.05, 0.1) is 11.7 Å². The Labute approximate surface area is 133 Å². The van der Waals surface area contributed by atoms with E-state index >= 15 is 0 Å². The molecule has 1 atom stereocenters. The molecule has 1 aromatic carbocycles. The van der Waals surface area contributed by atoms with E-state index in [0.29, 0.717) is 36.8 Å². The summed E-state index contributed by atoms with van der Waals surface area (Å²) in [6, 6.07) is 9.57. The average Bonchev–Trinajstić information content (AvgIpc) is 2.55. The van der Waals surface area contributed by atoms with E-state index in [1.54, 1.807) is 30.5 Å². The summed E-state index contributed by atoms with van der Waals surface area (Å²) in [5, 5.41) is 21.8. The van der Waals surface area contributed by atoms with Crippen molar-refractivity contribution >= 4 is 11.8 Å². The minimum atomic E-state index is -0.968. The number of benzene rings is 1. The number of carboxylic acids is 1. The van der Waals surface area contributed by atoms with E-state index < -0.39 is 12.1 Å². The van der Waals surface area contributed by atoms with Crippen molar-refractivity contribution in [2.75, 3.05) is 25.4 Å². The number of ether oxygens (including phenoxy) is 1. The monoisotopic (exact) mass is 317 g/mol. The third-order valence-corrected chi connectivity index (χ3v) is 3.18. The Morgan fingerprint density at radius 3 is 2.61 bits per heavy atom. The van der Waals surface area contributed by atoms with Crippen LogP contribution in [0.3, 0.4) is 0 Å². The largest absolute Gasteiger partial charge is 0.492 e. The highest BCUT2D eigenvalue weighted by molar-refractivity contribution is 5.87. The Morgan fingerprint density at radius 2 is 2.00 bits per heavy atom. The molecule has 0 fully saturated rings. The molecule has 0 saturated heterocycles. The van der Waals surface area contributed by atoms with Crippen molar-refractivity contribution < 1.29 is 19.7 Å². The van der Waals surface area contributed by atoms with Crippen molar-refractivity contribution in [3.05, 3.63) is 53.7 Å². The van der Waals surface area contributed by atoms with Gasteiger partial charge in [0.1, 0.15) is 18.2 Å². The molecule has 1 heterocycles. The van der Waals surface area contributed by atoms with Gasteiger partial charge in [0, 0.05) is 24.8 Å². The maximum atomic E-state index is 10.7. The number of pyridine rings is 1. The van der Waals surface area contributed by atoms with Gasteiger partial charge < -0.3 is 26.0 Å². The lowest BCUT2D eigenvalue weighted by molar-refractivity contribution is 0.0697. The predicted molar refractivity (Wildman–Crippen MR) is 85.4 cm³/mol. The molecule has 7 nitrogen and oxygen atoms in total. The van der Waals surface area contributed by atoms with E-state index in [9.17, 15) is 9.90 Å². The number of hydrogen-bond donors (Lipinski definition) is 4. The first-order valence-corrected chi connectivity index (χ1v) is 7.12. The molecule has 0 aliphatic heterocycles. The van der Waals surface area contributed by atoms with Gasteiger partial charge in [-0.2, -0.15) is 0 Å². The molecule has 0 amide bonds. The number of carboxylic acid groups (broad SMARTS) is 1. The molecule has 0 spiro atoms. The fourth-order valence-corrected chi connectivity index (χ4v) is 1.91. The van der Waals surface area contributed by atoms with E-state index in [0.717, 1.165) is 0 Å². The number of aromatic carboxylic acids is 1. The highest BCUT2D eigenvalue weighted by Gasteiger charge is 2.07. The molecule has 0 radical (unpaired) electrons. The maximum Gasteiger partial charge on any atom is 0.335 e. The third-order valence-electron chi connectivity index (χ3n) is 3.18. The molecular weight excluding hydrogens is 298 g/mol. The number of carbonyl (C=O) groups is 1. The molecule has 0 bridgehead atoms. The number of aromatic nitrogens is 1. The summed E-state index contributed by atoms with van der Waals surface area (Å²) in [4.78, 5) is 14.7. The number of nitrogens with zero attached hydrogens (tertiary/aromatic N) is 1. The Balaban J connectivity index is 1.67. The molecule has 1 aromatic heterocycles. The second kappa shape index (κ2) is 8.11. The van der Waals surface area contributed by atoms with Crippen LogP contribution in [0.1, 0.15) is 22.0 Å². The predicted octanol–water partition coefficient (Wildman–Crippen LogP) is 1.06. The van der Waals surface area contributed by atoms with Crippen molar-refractivity contribution in [3.63, 3.8) is 0 Å². The van der Waals surface area contributed by atoms with E-state index in [1.165, 1.54) is 12.1 Å². The topological polar surface area (TPSA) is 118 Å². The molecule has 122 valence electrons. The maximum absolute atomic E-state index is 10.7. The van der Waals surface area contributed by atoms with Crippen LogP contribution in [0.5, 0.6) is 5.75 Å². The molecule has 2 rings (SSSR count). The van der Waals surface area contributed by atoms with Crippen molar-refractivity contribution in [2.24, 2.45) is 0 Å². The van der Waals surface area contributed by atoms with Crippen LogP contribution in [0.4, 0.5) is 5.82 Å². The molecule has 0 unspecified atom stereocenters. The van der Waals surface area contributed by atoms with Crippen LogP contribution in [-0.4, -0.2) is 40.9 Å². The van der Waals surface area contributed by atoms with Gasteiger partial charge >= 0.3 is 5.97 Å². The first-order valence-electron chi connectivity index (χ1n) is 7.12. The average molecular weight is 317 g/mol. The summed E-state index contributed by atoms with van der Waals surface area (Å²) in [6.45, 7) is 1.31. The molecule has 23 heavy (non-hydrogen) atoms. The molecule has 0 saturated carbocycles. The minimum absolute atomic E-state index is 0.218. The van der Waals surface area contributed by atoms with Gasteiger partial charge in [-0.3, -0.25) is 0 Å². The van der Waals surface area contributed by atoms with Crippen molar-refractivity contribution in [2.45, 2.75) is 6.10 Å². The summed E-state index contributed by atoms with van der Waals surface area (Å²) in [5.74, 6) is 0.0423. The quantitative estimate of drug-likeness (QED) is 0.538. The van der Waals surface area contributed by atoms with Crippen LogP contribution in [0.25, 0.3) is 0 Å². The first-order chi connectivity index (χ1) is 11.1. The SMILES string of the molecule is Nc1ccc([C@H](O)CNCCOc2ccc(C(=O)O)cc2)cn1. The van der Waals surface area contributed by atoms with Crippen molar-refractivity contribution in [1.82, 2.24) is 10.3 Å². The van der Waals surface area contributed by atoms with E-state index in [1.807, 2.05) is 0 Å². The second-order valence-corrected chi connectivity index (χ2v) is 4.91. The van der Waals surface area contributed by atoms with Gasteiger partial charge in [-0.25, -0.2) is 9.78 Å². The number of aliphatic hydroxyl groups is 1. The second-order valence-electron chi connectivity index (χ2n) is 4.91. The lowest BCUT2D eigenvalue weighted by Crippen LogP contribution is -2.26. The van der Waals surface area contributed by atoms with Gasteiger partial charge in [-0.1, -0.05) is 6.07 Å². The Morgan fingerprint density at radius 1 is 1.26 bits per heavy atom. The lowest BCUT2D eigenvalue weighted by atomic mass is 10.1. The number of nitrogens with two attached hydrogens (primary N) is 1. The number of nitrogen functional groups attached to an aromatic ring is 1. The molecular formula is C16H19N3O4. The van der Waals surface area contributed by atoms with Gasteiger partial charge in [-0.15, -0.1) is 0 Å². The lowest BCUT2D eigenvalue weighted by Gasteiger charge is -2.12. The van der Waals surface area contributed by atoms with Crippen LogP contribution in [0.2, 0.25) is 0 Å². The summed E-state index contributed by atoms with van der Waals surface area (Å²) < 4.78 is 5.48. The van der Waals surface area contributed by atoms with E-state index in [4.69, 9.17) is 15.6 Å². The summed E-state index contributed by atoms with van der Waals surface area (Å²) in [7, 11) is 0. The summed E-state index contributed by atoms with van der Waals surface area (Å²) in [6.07, 6.45) is 0.875. The fourth-order valence-electron chi connectivity index (χ4n) is 1.91. The minimum Gasteiger partial charge on any atom is -0.492 e. The standard InChI is InChI=1S/C16H19N3O4/c17-15-6-3-12(9-19-15)14(20)10-18-7-8-23-13-4-1-11(2-5-13)16(21)22/h1-6,9,14,18,20H,7-8,10H2,(H2,17,19)(H,21,22)/t14-/m1/s1. The number of anilines is 1. The highest BCUT2D eigenvalue weighted by atomic mass is 16.5. The van der Waals surface area contributed by atoms with Gasteiger partial charge in [0.25, 0.3) is 0 Å². The zero-order chi connectivity index (χ0) is 16.7. The van der Waals surface area contributed by atoms with Crippen LogP contribution in [0, 0.1) is 0 Å². The van der Waals surface area contributed by atoms with Crippen LogP contribution in [-0.2, 0) is 0 Å². The van der Waals surface area contributed by atoms with Crippen LogP contribution in [0.15, 0.2) is 42.6 Å². The zero-order valence-electron chi connectivity index (χ0n) is 12.5. The van der Waals surface area contributed by atoms with Crippen molar-refractivity contribution in [3.8, 4) is 5.75 Å². The summed E-state index contributed by atoms with van der Waals surface area (Å²) in [5.41, 5.74) is 6.40.